The van der Waals surface area contributed by atoms with Crippen molar-refractivity contribution in [1.29, 1.82) is 0 Å². The van der Waals surface area contributed by atoms with Gasteiger partial charge in [-0.05, 0) is 55.2 Å². The molecule has 0 saturated heterocycles. The summed E-state index contributed by atoms with van der Waals surface area (Å²) >= 11 is 6.96. The molecule has 3 heterocycles. The molecule has 0 bridgehead atoms. The first kappa shape index (κ1) is 27.4. The van der Waals surface area contributed by atoms with Crippen LogP contribution in [0.25, 0.3) is 32.8 Å². The van der Waals surface area contributed by atoms with Gasteiger partial charge in [0.15, 0.2) is 0 Å². The van der Waals surface area contributed by atoms with E-state index in [-0.39, 0.29) is 0 Å². The minimum atomic E-state index is -0.929. The smallest absolute Gasteiger partial charge is 0.352 e. The van der Waals surface area contributed by atoms with E-state index in [1.807, 2.05) is 52.7 Å². The lowest BCUT2D eigenvalue weighted by Gasteiger charge is -2.14. The summed E-state index contributed by atoms with van der Waals surface area (Å²) in [5.41, 5.74) is 5.69. The fourth-order valence-electron chi connectivity index (χ4n) is 6.26. The van der Waals surface area contributed by atoms with E-state index >= 15 is 0 Å². The zero-order chi connectivity index (χ0) is 28.5. The Morgan fingerprint density at radius 2 is 1.90 bits per heavy atom. The molecular formula is C33H34ClN3O4. The number of aryl methyl sites for hydroxylation is 3. The molecule has 8 heteroatoms. The van der Waals surface area contributed by atoms with Crippen molar-refractivity contribution in [2.45, 2.75) is 52.2 Å². The summed E-state index contributed by atoms with van der Waals surface area (Å²) < 4.78 is 16.1. The molecule has 1 aliphatic heterocycles. The number of nitrogens with zero attached hydrogens (tertiary/aromatic N) is 3. The van der Waals surface area contributed by atoms with Gasteiger partial charge in [0.25, 0.3) is 0 Å². The predicted molar refractivity (Wildman–Crippen MR) is 162 cm³/mol. The molecule has 41 heavy (non-hydrogen) atoms. The van der Waals surface area contributed by atoms with E-state index < -0.39 is 5.97 Å². The van der Waals surface area contributed by atoms with Gasteiger partial charge in [0.2, 0.25) is 0 Å². The number of benzene rings is 3. The quantitative estimate of drug-likeness (QED) is 0.205. The Morgan fingerprint density at radius 3 is 2.73 bits per heavy atom. The lowest BCUT2D eigenvalue weighted by atomic mass is 9.97. The largest absolute Gasteiger partial charge is 0.493 e. The third-order valence-electron chi connectivity index (χ3n) is 8.04. The maximum absolute atomic E-state index is 12.9. The second-order valence-corrected chi connectivity index (χ2v) is 10.9. The van der Waals surface area contributed by atoms with Gasteiger partial charge in [0.1, 0.15) is 11.4 Å². The van der Waals surface area contributed by atoms with Crippen LogP contribution in [0.15, 0.2) is 54.6 Å². The lowest BCUT2D eigenvalue weighted by molar-refractivity contribution is 0.0683. The van der Waals surface area contributed by atoms with E-state index in [1.54, 1.807) is 0 Å². The van der Waals surface area contributed by atoms with Crippen molar-refractivity contribution < 1.29 is 19.4 Å². The van der Waals surface area contributed by atoms with E-state index in [2.05, 4.69) is 25.1 Å². The van der Waals surface area contributed by atoms with Gasteiger partial charge in [-0.2, -0.15) is 5.10 Å². The Bertz CT molecular complexity index is 1750. The predicted octanol–water partition coefficient (Wildman–Crippen LogP) is 7.43. The van der Waals surface area contributed by atoms with E-state index in [0.29, 0.717) is 49.9 Å². The molecule has 0 unspecified atom stereocenters. The second kappa shape index (κ2) is 11.6. The summed E-state index contributed by atoms with van der Waals surface area (Å²) in [4.78, 5) is 12.9. The Labute approximate surface area is 244 Å². The van der Waals surface area contributed by atoms with Gasteiger partial charge in [-0.3, -0.25) is 4.68 Å². The molecule has 0 fully saturated rings. The maximum Gasteiger partial charge on any atom is 0.352 e. The highest BCUT2D eigenvalue weighted by molar-refractivity contribution is 6.35. The van der Waals surface area contributed by atoms with Crippen LogP contribution in [0, 0.1) is 0 Å². The van der Waals surface area contributed by atoms with Crippen molar-refractivity contribution in [3.05, 3.63) is 82.3 Å². The monoisotopic (exact) mass is 571 g/mol. The lowest BCUT2D eigenvalue weighted by Crippen LogP contribution is -2.12. The molecule has 5 aromatic rings. The standard InChI is InChI=1S/C33H34ClN3O4/c1-3-27-30-26(35-36(27)2)20-40-18-7-6-17-37-31-24(15-16-25(34)29(30)31)23(32(37)33(38)39)13-9-19-41-28-14-8-11-21-10-4-5-12-22(21)28/h4-5,8,10-12,14-16H,3,6-7,9,13,17-20H2,1-2H3,(H,38,39). The molecule has 0 spiro atoms. The average Bonchev–Trinajstić information content (AvgIpc) is 3.45. The first-order valence-electron chi connectivity index (χ1n) is 14.3. The number of hydrogen-bond acceptors (Lipinski definition) is 4. The van der Waals surface area contributed by atoms with E-state index in [1.165, 1.54) is 0 Å². The number of carbonyl (C=O) groups is 1. The Kier molecular flexibility index (Phi) is 7.73. The Morgan fingerprint density at radius 1 is 1.07 bits per heavy atom. The molecule has 6 rings (SSSR count). The SMILES string of the molecule is CCc1c2c(nn1C)COCCCCn1c(C(=O)O)c(CCCOc3cccc4ccccc34)c3ccc(Cl)c-2c31. The summed E-state index contributed by atoms with van der Waals surface area (Å²) in [5.74, 6) is -0.0903. The number of hydrogen-bond donors (Lipinski definition) is 1. The number of rotatable bonds is 7. The third-order valence-corrected chi connectivity index (χ3v) is 8.36. The summed E-state index contributed by atoms with van der Waals surface area (Å²) in [5, 5.41) is 19.0. The molecule has 1 N–H and O–H groups in total. The number of fused-ring (bicyclic) bond motifs is 3. The van der Waals surface area contributed by atoms with Crippen LogP contribution < -0.4 is 4.74 Å². The van der Waals surface area contributed by atoms with E-state index in [0.717, 1.165) is 74.8 Å². The maximum atomic E-state index is 12.9. The van der Waals surface area contributed by atoms with Crippen LogP contribution in [-0.4, -0.2) is 38.6 Å². The summed E-state index contributed by atoms with van der Waals surface area (Å²) in [6.07, 6.45) is 3.63. The number of halogens is 1. The van der Waals surface area contributed by atoms with Crippen LogP contribution in [0.2, 0.25) is 5.02 Å². The molecule has 212 valence electrons. The van der Waals surface area contributed by atoms with E-state index in [9.17, 15) is 9.90 Å². The van der Waals surface area contributed by atoms with Crippen molar-refractivity contribution in [2.24, 2.45) is 7.05 Å². The fourth-order valence-corrected chi connectivity index (χ4v) is 6.51. The zero-order valence-electron chi connectivity index (χ0n) is 23.5. The molecule has 0 radical (unpaired) electrons. The number of carboxylic acids is 1. The minimum Gasteiger partial charge on any atom is -0.493 e. The van der Waals surface area contributed by atoms with Crippen LogP contribution >= 0.6 is 11.6 Å². The summed E-state index contributed by atoms with van der Waals surface area (Å²) in [7, 11) is 1.94. The molecule has 0 aliphatic carbocycles. The van der Waals surface area contributed by atoms with Crippen LogP contribution in [0.1, 0.15) is 53.6 Å². The van der Waals surface area contributed by atoms with Gasteiger partial charge < -0.3 is 19.1 Å². The minimum absolute atomic E-state index is 0.331. The number of aromatic carboxylic acids is 1. The van der Waals surface area contributed by atoms with Crippen molar-refractivity contribution in [2.75, 3.05) is 13.2 Å². The topological polar surface area (TPSA) is 78.5 Å². The Balaban J connectivity index is 1.44. The number of carboxylic acid groups (broad SMARTS) is 1. The van der Waals surface area contributed by atoms with E-state index in [4.69, 9.17) is 26.2 Å². The third kappa shape index (κ3) is 4.98. The molecule has 0 saturated carbocycles. The molecule has 0 amide bonds. The second-order valence-electron chi connectivity index (χ2n) is 10.5. The number of aromatic nitrogens is 3. The first-order chi connectivity index (χ1) is 20.0. The van der Waals surface area contributed by atoms with Crippen LogP contribution in [0.5, 0.6) is 5.75 Å². The summed E-state index contributed by atoms with van der Waals surface area (Å²) in [6, 6.07) is 18.1. The van der Waals surface area contributed by atoms with Gasteiger partial charge in [-0.25, -0.2) is 4.79 Å². The van der Waals surface area contributed by atoms with Crippen LogP contribution in [0.3, 0.4) is 0 Å². The van der Waals surface area contributed by atoms with Crippen molar-refractivity contribution in [3.8, 4) is 16.9 Å². The van der Waals surface area contributed by atoms with Gasteiger partial charge in [-0.15, -0.1) is 0 Å². The molecule has 2 aromatic heterocycles. The van der Waals surface area contributed by atoms with Crippen LogP contribution in [-0.2, 0) is 37.8 Å². The highest BCUT2D eigenvalue weighted by Crippen LogP contribution is 2.43. The van der Waals surface area contributed by atoms with Gasteiger partial charge in [0, 0.05) is 47.8 Å². The van der Waals surface area contributed by atoms with Crippen LogP contribution in [0.4, 0.5) is 0 Å². The van der Waals surface area contributed by atoms with Gasteiger partial charge in [0.05, 0.1) is 29.4 Å². The molecule has 1 aliphatic rings. The van der Waals surface area contributed by atoms with Gasteiger partial charge in [-0.1, -0.05) is 61.0 Å². The average molecular weight is 572 g/mol. The van der Waals surface area contributed by atoms with Crippen molar-refractivity contribution in [3.63, 3.8) is 0 Å². The number of ether oxygens (including phenoxy) is 2. The van der Waals surface area contributed by atoms with Crippen molar-refractivity contribution in [1.82, 2.24) is 14.3 Å². The highest BCUT2D eigenvalue weighted by atomic mass is 35.5. The normalized spacial score (nSPS) is 13.7. The van der Waals surface area contributed by atoms with Gasteiger partial charge >= 0.3 is 5.97 Å². The highest BCUT2D eigenvalue weighted by Gasteiger charge is 2.29. The summed E-state index contributed by atoms with van der Waals surface area (Å²) in [6.45, 7) is 4.12. The molecule has 0 atom stereocenters. The zero-order valence-corrected chi connectivity index (χ0v) is 24.2. The first-order valence-corrected chi connectivity index (χ1v) is 14.7. The molecule has 3 aromatic carbocycles. The fraction of sp³-hybridized carbons (Fsp3) is 0.333. The molecular weight excluding hydrogens is 538 g/mol. The Hall–Kier alpha value is -3.81. The van der Waals surface area contributed by atoms with Crippen molar-refractivity contribution >= 4 is 39.2 Å². The molecule has 7 nitrogen and oxygen atoms in total.